The van der Waals surface area contributed by atoms with Gasteiger partial charge in [-0.05, 0) is 31.6 Å². The lowest BCUT2D eigenvalue weighted by Crippen LogP contribution is -2.49. The Bertz CT molecular complexity index is 437. The van der Waals surface area contributed by atoms with Gasteiger partial charge in [-0.15, -0.1) is 0 Å². The molecule has 3 aliphatic rings. The van der Waals surface area contributed by atoms with Gasteiger partial charge in [-0.25, -0.2) is 0 Å². The van der Waals surface area contributed by atoms with Crippen molar-refractivity contribution in [2.75, 3.05) is 0 Å². The number of amides is 2. The zero-order valence-electron chi connectivity index (χ0n) is 11.7. The highest BCUT2D eigenvalue weighted by atomic mass is 16.4. The highest BCUT2D eigenvalue weighted by molar-refractivity contribution is 6.06. The molecule has 5 nitrogen and oxygen atoms in total. The van der Waals surface area contributed by atoms with Crippen molar-refractivity contribution >= 4 is 17.8 Å². The second kappa shape index (κ2) is 4.86. The lowest BCUT2D eigenvalue weighted by molar-refractivity contribution is -0.152. The third-order valence-corrected chi connectivity index (χ3v) is 5.29. The van der Waals surface area contributed by atoms with E-state index in [4.69, 9.17) is 0 Å². The number of hydrogen-bond donors (Lipinski definition) is 1. The zero-order valence-corrected chi connectivity index (χ0v) is 11.7. The summed E-state index contributed by atoms with van der Waals surface area (Å²) in [5, 5.41) is 9.34. The highest BCUT2D eigenvalue weighted by Gasteiger charge is 2.55. The SMILES string of the molecule is CC1CC2C(=O)N(C3CCCCC3C(=O)O)C(=O)C2C1. The number of hydrogen-bond acceptors (Lipinski definition) is 3. The summed E-state index contributed by atoms with van der Waals surface area (Å²) in [6, 6.07) is -0.415. The molecule has 0 bridgehead atoms. The number of nitrogens with zero attached hydrogens (tertiary/aromatic N) is 1. The number of imide groups is 1. The molecule has 0 aromatic heterocycles. The number of carbonyl (C=O) groups excluding carboxylic acids is 2. The van der Waals surface area contributed by atoms with Crippen LogP contribution in [-0.4, -0.2) is 33.8 Å². The monoisotopic (exact) mass is 279 g/mol. The van der Waals surface area contributed by atoms with E-state index in [0.29, 0.717) is 18.8 Å². The lowest BCUT2D eigenvalue weighted by Gasteiger charge is -2.35. The van der Waals surface area contributed by atoms with Crippen molar-refractivity contribution in [3.05, 3.63) is 0 Å². The van der Waals surface area contributed by atoms with Crippen molar-refractivity contribution in [2.24, 2.45) is 23.7 Å². The first-order valence-corrected chi connectivity index (χ1v) is 7.60. The molecular weight excluding hydrogens is 258 g/mol. The normalized spacial score (nSPS) is 41.0. The fourth-order valence-electron chi connectivity index (χ4n) is 4.34. The molecule has 1 saturated heterocycles. The Kier molecular flexibility index (Phi) is 3.30. The minimum atomic E-state index is -0.874. The summed E-state index contributed by atoms with van der Waals surface area (Å²) < 4.78 is 0. The Morgan fingerprint density at radius 1 is 1.10 bits per heavy atom. The molecule has 2 saturated carbocycles. The van der Waals surface area contributed by atoms with Crippen molar-refractivity contribution in [1.82, 2.24) is 4.90 Å². The van der Waals surface area contributed by atoms with Gasteiger partial charge in [-0.1, -0.05) is 19.8 Å². The maximum absolute atomic E-state index is 12.5. The Morgan fingerprint density at radius 3 is 2.20 bits per heavy atom. The van der Waals surface area contributed by atoms with Gasteiger partial charge in [-0.3, -0.25) is 19.3 Å². The Hall–Kier alpha value is -1.39. The predicted molar refractivity (Wildman–Crippen MR) is 70.6 cm³/mol. The minimum absolute atomic E-state index is 0.109. The summed E-state index contributed by atoms with van der Waals surface area (Å²) in [6.07, 6.45) is 4.53. The number of carboxylic acid groups (broad SMARTS) is 1. The molecular formula is C15H21NO4. The van der Waals surface area contributed by atoms with Crippen LogP contribution in [0.5, 0.6) is 0 Å². The molecule has 4 atom stereocenters. The number of likely N-dealkylation sites (tertiary alicyclic amines) is 1. The second-order valence-corrected chi connectivity index (χ2v) is 6.63. The number of carboxylic acids is 1. The average molecular weight is 279 g/mol. The molecule has 0 spiro atoms. The van der Waals surface area contributed by atoms with Gasteiger partial charge < -0.3 is 5.11 Å². The summed E-state index contributed by atoms with van der Waals surface area (Å²) in [4.78, 5) is 37.8. The van der Waals surface area contributed by atoms with Gasteiger partial charge in [0.05, 0.1) is 23.8 Å². The van der Waals surface area contributed by atoms with Crippen LogP contribution in [0.2, 0.25) is 0 Å². The van der Waals surface area contributed by atoms with Crippen LogP contribution in [0.1, 0.15) is 45.4 Å². The van der Waals surface area contributed by atoms with Crippen molar-refractivity contribution in [3.8, 4) is 0 Å². The van der Waals surface area contributed by atoms with Gasteiger partial charge in [-0.2, -0.15) is 0 Å². The minimum Gasteiger partial charge on any atom is -0.481 e. The Labute approximate surface area is 118 Å². The van der Waals surface area contributed by atoms with Gasteiger partial charge in [0.25, 0.3) is 0 Å². The topological polar surface area (TPSA) is 74.7 Å². The fourth-order valence-corrected chi connectivity index (χ4v) is 4.34. The van der Waals surface area contributed by atoms with Crippen LogP contribution in [0.3, 0.4) is 0 Å². The van der Waals surface area contributed by atoms with E-state index in [2.05, 4.69) is 6.92 Å². The first-order valence-electron chi connectivity index (χ1n) is 7.60. The average Bonchev–Trinajstić information content (AvgIpc) is 2.89. The van der Waals surface area contributed by atoms with Gasteiger partial charge >= 0.3 is 5.97 Å². The smallest absolute Gasteiger partial charge is 0.308 e. The quantitative estimate of drug-likeness (QED) is 0.780. The first-order chi connectivity index (χ1) is 9.50. The van der Waals surface area contributed by atoms with Gasteiger partial charge in [0.2, 0.25) is 11.8 Å². The van der Waals surface area contributed by atoms with Gasteiger partial charge in [0.15, 0.2) is 0 Å². The Balaban J connectivity index is 1.85. The molecule has 1 aliphatic heterocycles. The number of fused-ring (bicyclic) bond motifs is 1. The molecule has 1 N–H and O–H groups in total. The fraction of sp³-hybridized carbons (Fsp3) is 0.800. The lowest BCUT2D eigenvalue weighted by atomic mass is 9.83. The molecule has 0 radical (unpaired) electrons. The summed E-state index contributed by atoms with van der Waals surface area (Å²) >= 11 is 0. The molecule has 110 valence electrons. The maximum atomic E-state index is 12.5. The summed E-state index contributed by atoms with van der Waals surface area (Å²) in [7, 11) is 0. The molecule has 3 rings (SSSR count). The molecule has 1 heterocycles. The zero-order chi connectivity index (χ0) is 14.4. The van der Waals surface area contributed by atoms with E-state index in [1.807, 2.05) is 0 Å². The maximum Gasteiger partial charge on any atom is 0.308 e. The molecule has 0 aromatic rings. The summed E-state index contributed by atoms with van der Waals surface area (Å²) in [5.74, 6) is -1.62. The van der Waals surface area contributed by atoms with Crippen LogP contribution < -0.4 is 0 Å². The standard InChI is InChI=1S/C15H21NO4/c1-8-6-10-11(7-8)14(18)16(13(10)17)12-5-3-2-4-9(12)15(19)20/h8-12H,2-7H2,1H3,(H,19,20). The molecule has 3 fully saturated rings. The van der Waals surface area contributed by atoms with Crippen LogP contribution in [0.15, 0.2) is 0 Å². The molecule has 20 heavy (non-hydrogen) atoms. The molecule has 4 unspecified atom stereocenters. The van der Waals surface area contributed by atoms with E-state index in [9.17, 15) is 19.5 Å². The van der Waals surface area contributed by atoms with E-state index in [1.165, 1.54) is 4.90 Å². The third-order valence-electron chi connectivity index (χ3n) is 5.29. The van der Waals surface area contributed by atoms with Crippen molar-refractivity contribution < 1.29 is 19.5 Å². The van der Waals surface area contributed by atoms with Crippen LogP contribution >= 0.6 is 0 Å². The molecule has 5 heteroatoms. The van der Waals surface area contributed by atoms with E-state index in [-0.39, 0.29) is 23.7 Å². The van der Waals surface area contributed by atoms with Crippen molar-refractivity contribution in [3.63, 3.8) is 0 Å². The van der Waals surface area contributed by atoms with Gasteiger partial charge in [0, 0.05) is 0 Å². The predicted octanol–water partition coefficient (Wildman–Crippen LogP) is 1.66. The van der Waals surface area contributed by atoms with E-state index >= 15 is 0 Å². The second-order valence-electron chi connectivity index (χ2n) is 6.63. The number of carbonyl (C=O) groups is 3. The van der Waals surface area contributed by atoms with Crippen molar-refractivity contribution in [2.45, 2.75) is 51.5 Å². The van der Waals surface area contributed by atoms with Crippen molar-refractivity contribution in [1.29, 1.82) is 0 Å². The number of aliphatic carboxylic acids is 1. The van der Waals surface area contributed by atoms with Gasteiger partial charge in [0.1, 0.15) is 0 Å². The Morgan fingerprint density at radius 2 is 1.65 bits per heavy atom. The molecule has 0 aromatic carbocycles. The largest absolute Gasteiger partial charge is 0.481 e. The number of rotatable bonds is 2. The summed E-state index contributed by atoms with van der Waals surface area (Å²) in [6.45, 7) is 2.07. The first kappa shape index (κ1) is 13.6. The van der Waals surface area contributed by atoms with E-state index in [0.717, 1.165) is 25.7 Å². The van der Waals surface area contributed by atoms with Crippen LogP contribution in [0, 0.1) is 23.7 Å². The molecule has 2 amide bonds. The molecule has 2 aliphatic carbocycles. The van der Waals surface area contributed by atoms with Crippen LogP contribution in [0.4, 0.5) is 0 Å². The van der Waals surface area contributed by atoms with Crippen LogP contribution in [0.25, 0.3) is 0 Å². The summed E-state index contributed by atoms with van der Waals surface area (Å²) in [5.41, 5.74) is 0. The van der Waals surface area contributed by atoms with E-state index < -0.39 is 17.9 Å². The van der Waals surface area contributed by atoms with Crippen LogP contribution in [-0.2, 0) is 14.4 Å². The highest BCUT2D eigenvalue weighted by Crippen LogP contribution is 2.45. The van der Waals surface area contributed by atoms with E-state index in [1.54, 1.807) is 0 Å². The third kappa shape index (κ3) is 1.95.